The van der Waals surface area contributed by atoms with E-state index in [1.165, 1.54) is 20.3 Å². The molecule has 4 nitrogen and oxygen atoms in total. The van der Waals surface area contributed by atoms with Gasteiger partial charge in [0.05, 0.1) is 19.8 Å². The summed E-state index contributed by atoms with van der Waals surface area (Å²) in [6.45, 7) is 11.2. The number of phenolic OH excluding ortho intramolecular Hbond substituents is 1. The average Bonchev–Trinajstić information content (AvgIpc) is 2.47. The van der Waals surface area contributed by atoms with Gasteiger partial charge < -0.3 is 19.7 Å². The Balaban J connectivity index is 3.73. The van der Waals surface area contributed by atoms with E-state index >= 15 is 0 Å². The Bertz CT molecular complexity index is 649. The molecule has 0 fully saturated rings. The Hall–Kier alpha value is -1.20. The summed E-state index contributed by atoms with van der Waals surface area (Å²) in [6, 6.07) is 2.27. The highest BCUT2D eigenvalue weighted by Gasteiger charge is 2.60. The number of hydrogen-bond acceptors (Lipinski definition) is 4. The van der Waals surface area contributed by atoms with Crippen molar-refractivity contribution in [3.63, 3.8) is 0 Å². The van der Waals surface area contributed by atoms with Crippen LogP contribution in [0, 0.1) is 0 Å². The summed E-state index contributed by atoms with van der Waals surface area (Å²) in [4.78, 5) is 0. The van der Waals surface area contributed by atoms with Crippen molar-refractivity contribution in [2.45, 2.75) is 63.6 Å². The Labute approximate surface area is 160 Å². The van der Waals surface area contributed by atoms with Crippen LogP contribution in [0.3, 0.4) is 0 Å². The van der Waals surface area contributed by atoms with Gasteiger partial charge in [-0.25, -0.2) is 0 Å². The number of hydrogen-bond donors (Lipinski definition) is 2. The fraction of sp³-hybridized carbons (Fsp3) is 0.684. The number of methoxy groups -OCH3 is 2. The molecule has 0 aromatic heterocycles. The van der Waals surface area contributed by atoms with E-state index in [1.54, 1.807) is 0 Å². The standard InChI is InChI=1S/C19H30F3O4P/c1-16(2,3)27(17(4,5)6)11-18(24,19(20,21)22)15-13(23)9-12(25-7)10-14(15)26-8/h9-10,23-24H,11H2,1-8H3. The summed E-state index contributed by atoms with van der Waals surface area (Å²) in [5.74, 6) is -0.861. The number of aliphatic hydroxyl groups is 1. The van der Waals surface area contributed by atoms with Crippen LogP contribution in [0.25, 0.3) is 0 Å². The van der Waals surface area contributed by atoms with Gasteiger partial charge in [0.1, 0.15) is 17.2 Å². The lowest BCUT2D eigenvalue weighted by molar-refractivity contribution is -0.257. The van der Waals surface area contributed by atoms with E-state index in [9.17, 15) is 23.4 Å². The van der Waals surface area contributed by atoms with Crippen molar-refractivity contribution < 1.29 is 32.9 Å². The van der Waals surface area contributed by atoms with Gasteiger partial charge in [-0.05, 0) is 10.3 Å². The van der Waals surface area contributed by atoms with Gasteiger partial charge in [0.25, 0.3) is 0 Å². The SMILES string of the molecule is COc1cc(O)c(C(O)(CP(C(C)(C)C)C(C)(C)C)C(F)(F)F)c(OC)c1. The number of alkyl halides is 3. The Kier molecular flexibility index (Phi) is 6.77. The monoisotopic (exact) mass is 410 g/mol. The maximum atomic E-state index is 14.2. The van der Waals surface area contributed by atoms with Crippen molar-refractivity contribution in [2.75, 3.05) is 20.4 Å². The lowest BCUT2D eigenvalue weighted by atomic mass is 9.92. The molecule has 0 aliphatic heterocycles. The highest BCUT2D eigenvalue weighted by atomic mass is 31.1. The molecular formula is C19H30F3O4P. The highest BCUT2D eigenvalue weighted by Crippen LogP contribution is 2.64. The van der Waals surface area contributed by atoms with E-state index in [1.807, 2.05) is 41.5 Å². The molecule has 0 spiro atoms. The van der Waals surface area contributed by atoms with Crippen molar-refractivity contribution in [2.24, 2.45) is 0 Å². The third-order valence-electron chi connectivity index (χ3n) is 4.40. The fourth-order valence-electron chi connectivity index (χ4n) is 3.29. The number of halogens is 3. The summed E-state index contributed by atoms with van der Waals surface area (Å²) < 4.78 is 52.6. The molecule has 1 unspecified atom stereocenters. The van der Waals surface area contributed by atoms with E-state index in [-0.39, 0.29) is 11.5 Å². The summed E-state index contributed by atoms with van der Waals surface area (Å²) in [7, 11) is 1.18. The van der Waals surface area contributed by atoms with Gasteiger partial charge in [0.2, 0.25) is 0 Å². The molecule has 0 aliphatic rings. The van der Waals surface area contributed by atoms with Crippen LogP contribution in [-0.4, -0.2) is 47.1 Å². The topological polar surface area (TPSA) is 58.9 Å². The van der Waals surface area contributed by atoms with Gasteiger partial charge >= 0.3 is 6.18 Å². The first-order valence-electron chi connectivity index (χ1n) is 8.51. The van der Waals surface area contributed by atoms with Gasteiger partial charge in [-0.3, -0.25) is 0 Å². The minimum atomic E-state index is -5.01. The zero-order chi connectivity index (χ0) is 21.4. The van der Waals surface area contributed by atoms with Crippen LogP contribution in [0.15, 0.2) is 12.1 Å². The number of rotatable bonds is 5. The van der Waals surface area contributed by atoms with Crippen molar-refractivity contribution in [1.29, 1.82) is 0 Å². The zero-order valence-corrected chi connectivity index (χ0v) is 18.0. The summed E-state index contributed by atoms with van der Waals surface area (Å²) >= 11 is 0. The molecule has 0 bridgehead atoms. The smallest absolute Gasteiger partial charge is 0.422 e. The van der Waals surface area contributed by atoms with Crippen LogP contribution in [0.4, 0.5) is 13.2 Å². The largest absolute Gasteiger partial charge is 0.507 e. The lowest BCUT2D eigenvalue weighted by Crippen LogP contribution is -2.48. The predicted molar refractivity (Wildman–Crippen MR) is 102 cm³/mol. The third kappa shape index (κ3) is 5.00. The Morgan fingerprint density at radius 3 is 1.74 bits per heavy atom. The molecule has 1 rings (SSSR count). The lowest BCUT2D eigenvalue weighted by Gasteiger charge is -2.46. The Morgan fingerprint density at radius 1 is 0.926 bits per heavy atom. The van der Waals surface area contributed by atoms with Crippen LogP contribution < -0.4 is 9.47 Å². The summed E-state index contributed by atoms with van der Waals surface area (Å²) in [6.07, 6.45) is -5.57. The fourth-order valence-corrected chi connectivity index (χ4v) is 7.05. The minimum Gasteiger partial charge on any atom is -0.507 e. The predicted octanol–water partition coefficient (Wildman–Crippen LogP) is 5.24. The van der Waals surface area contributed by atoms with E-state index in [0.29, 0.717) is 0 Å². The van der Waals surface area contributed by atoms with Gasteiger partial charge in [-0.2, -0.15) is 13.2 Å². The highest BCUT2D eigenvalue weighted by molar-refractivity contribution is 7.60. The molecule has 0 radical (unpaired) electrons. The molecule has 1 aromatic rings. The molecule has 0 heterocycles. The van der Waals surface area contributed by atoms with Crippen LogP contribution in [0.5, 0.6) is 17.2 Å². The van der Waals surface area contributed by atoms with Crippen LogP contribution in [0.2, 0.25) is 0 Å². The number of phenols is 1. The average molecular weight is 410 g/mol. The van der Waals surface area contributed by atoms with E-state index < -0.39 is 47.5 Å². The van der Waals surface area contributed by atoms with Gasteiger partial charge in [0, 0.05) is 18.3 Å². The number of aromatic hydroxyl groups is 1. The number of ether oxygens (including phenoxy) is 2. The minimum absolute atomic E-state index is 0.131. The van der Waals surface area contributed by atoms with Crippen molar-refractivity contribution in [1.82, 2.24) is 0 Å². The molecule has 1 aromatic carbocycles. The third-order valence-corrected chi connectivity index (χ3v) is 8.41. The van der Waals surface area contributed by atoms with Crippen LogP contribution in [0.1, 0.15) is 47.1 Å². The summed E-state index contributed by atoms with van der Waals surface area (Å²) in [5, 5.41) is 20.4. The van der Waals surface area contributed by atoms with Crippen molar-refractivity contribution in [3.8, 4) is 17.2 Å². The Morgan fingerprint density at radius 2 is 1.41 bits per heavy atom. The van der Waals surface area contributed by atoms with E-state index in [2.05, 4.69) is 0 Å². The molecule has 8 heteroatoms. The molecule has 156 valence electrons. The molecule has 0 saturated carbocycles. The second-order valence-electron chi connectivity index (χ2n) is 8.51. The van der Waals surface area contributed by atoms with Gasteiger partial charge in [-0.1, -0.05) is 49.5 Å². The van der Waals surface area contributed by atoms with Gasteiger partial charge in [-0.15, -0.1) is 0 Å². The quantitative estimate of drug-likeness (QED) is 0.652. The second-order valence-corrected chi connectivity index (χ2v) is 12.4. The maximum absolute atomic E-state index is 14.2. The number of benzene rings is 1. The normalized spacial score (nSPS) is 15.6. The summed E-state index contributed by atoms with van der Waals surface area (Å²) in [5.41, 5.74) is -3.94. The van der Waals surface area contributed by atoms with E-state index in [0.717, 1.165) is 6.07 Å². The first-order chi connectivity index (χ1) is 12.0. The first kappa shape index (κ1) is 23.8. The molecule has 1 atom stereocenters. The second kappa shape index (κ2) is 7.67. The van der Waals surface area contributed by atoms with Crippen molar-refractivity contribution in [3.05, 3.63) is 17.7 Å². The van der Waals surface area contributed by atoms with Crippen molar-refractivity contribution >= 4 is 7.92 Å². The first-order valence-corrected chi connectivity index (χ1v) is 10.0. The maximum Gasteiger partial charge on any atom is 0.422 e. The molecule has 0 amide bonds. The van der Waals surface area contributed by atoms with E-state index in [4.69, 9.17) is 9.47 Å². The molecule has 0 aliphatic carbocycles. The zero-order valence-electron chi connectivity index (χ0n) is 17.2. The molecular weight excluding hydrogens is 380 g/mol. The molecule has 27 heavy (non-hydrogen) atoms. The van der Waals surface area contributed by atoms with Gasteiger partial charge in [0.15, 0.2) is 5.60 Å². The molecule has 2 N–H and O–H groups in total. The van der Waals surface area contributed by atoms with Crippen LogP contribution >= 0.6 is 7.92 Å². The molecule has 0 saturated heterocycles. The van der Waals surface area contributed by atoms with Crippen LogP contribution in [-0.2, 0) is 5.60 Å².